The number of nitrogens with zero attached hydrogens (tertiary/aromatic N) is 3. The van der Waals surface area contributed by atoms with E-state index in [2.05, 4.69) is 15.6 Å². The molecule has 11 nitrogen and oxygen atoms in total. The van der Waals surface area contributed by atoms with Crippen molar-refractivity contribution in [3.05, 3.63) is 60.3 Å². The van der Waals surface area contributed by atoms with Crippen LogP contribution in [0.15, 0.2) is 59.6 Å². The molecule has 1 saturated heterocycles. The second kappa shape index (κ2) is 11.1. The summed E-state index contributed by atoms with van der Waals surface area (Å²) in [6.45, 7) is 4.07. The highest BCUT2D eigenvalue weighted by atomic mass is 32.2. The van der Waals surface area contributed by atoms with E-state index in [0.29, 0.717) is 49.6 Å². The van der Waals surface area contributed by atoms with Crippen LogP contribution in [-0.2, 0) is 23.7 Å². The van der Waals surface area contributed by atoms with Gasteiger partial charge in [0.1, 0.15) is 12.7 Å². The van der Waals surface area contributed by atoms with Crippen LogP contribution in [0.1, 0.15) is 18.4 Å². The summed E-state index contributed by atoms with van der Waals surface area (Å²) in [6, 6.07) is 15.1. The summed E-state index contributed by atoms with van der Waals surface area (Å²) in [6.07, 6.45) is 2.93. The quantitative estimate of drug-likeness (QED) is 0.260. The molecule has 2 aliphatic rings. The Morgan fingerprint density at radius 1 is 1.15 bits per heavy atom. The number of sulfone groups is 1. The molecule has 2 fully saturated rings. The van der Waals surface area contributed by atoms with Crippen molar-refractivity contribution in [2.45, 2.75) is 36.0 Å². The molecule has 0 unspecified atom stereocenters. The van der Waals surface area contributed by atoms with Crippen LogP contribution in [0.5, 0.6) is 0 Å². The molecule has 0 bridgehead atoms. The summed E-state index contributed by atoms with van der Waals surface area (Å²) >= 11 is 0. The van der Waals surface area contributed by atoms with Crippen molar-refractivity contribution in [2.75, 3.05) is 39.5 Å². The molecule has 2 aromatic carbocycles. The second-order valence-corrected chi connectivity index (χ2v) is 14.0. The van der Waals surface area contributed by atoms with Crippen LogP contribution in [0.25, 0.3) is 33.1 Å². The lowest BCUT2D eigenvalue weighted by Crippen LogP contribution is -2.46. The van der Waals surface area contributed by atoms with E-state index in [4.69, 9.17) is 19.4 Å². The van der Waals surface area contributed by atoms with E-state index >= 15 is 0 Å². The largest absolute Gasteiger partial charge is 0.469 e. The third-order valence-corrected chi connectivity index (χ3v) is 10.2. The van der Waals surface area contributed by atoms with Gasteiger partial charge in [-0.05, 0) is 60.7 Å². The summed E-state index contributed by atoms with van der Waals surface area (Å²) in [4.78, 5) is 31.2. The third kappa shape index (κ3) is 6.05. The fraction of sp³-hybridized carbons (Fsp3) is 0.393. The number of rotatable bonds is 10. The molecular weight excluding hydrogens is 569 g/mol. The minimum atomic E-state index is -4.51. The Bertz CT molecular complexity index is 1750. The second-order valence-electron chi connectivity index (χ2n) is 10.6. The van der Waals surface area contributed by atoms with Crippen LogP contribution in [0.3, 0.4) is 0 Å². The summed E-state index contributed by atoms with van der Waals surface area (Å²) in [7, 11) is -7.85. The Hall–Kier alpha value is -2.83. The molecule has 1 saturated carbocycles. The van der Waals surface area contributed by atoms with Crippen molar-refractivity contribution in [1.29, 1.82) is 0 Å². The third-order valence-electron chi connectivity index (χ3n) is 7.44. The van der Waals surface area contributed by atoms with E-state index in [1.54, 1.807) is 29.1 Å². The highest BCUT2D eigenvalue weighted by molar-refractivity contribution is 7.92. The maximum absolute atomic E-state index is 13.0. The van der Waals surface area contributed by atoms with Crippen molar-refractivity contribution >= 4 is 39.6 Å². The normalized spacial score (nSPS) is 18.8. The maximum Gasteiger partial charge on any atom is 0.469 e. The Morgan fingerprint density at radius 3 is 2.73 bits per heavy atom. The number of pyridine rings is 1. The summed E-state index contributed by atoms with van der Waals surface area (Å²) < 4.78 is 49.1. The van der Waals surface area contributed by atoms with E-state index in [9.17, 15) is 13.0 Å². The lowest BCUT2D eigenvalue weighted by molar-refractivity contribution is -0.0703. The zero-order valence-electron chi connectivity index (χ0n) is 22.5. The van der Waals surface area contributed by atoms with E-state index < -0.39 is 17.7 Å². The molecule has 0 radical (unpaired) electrons. The average Bonchev–Trinajstić information content (AvgIpc) is 3.76. The molecule has 6 rings (SSSR count). The van der Waals surface area contributed by atoms with Crippen LogP contribution in [0.4, 0.5) is 0 Å². The van der Waals surface area contributed by atoms with Gasteiger partial charge in [0.2, 0.25) is 0 Å². The standard InChI is InChI=1S/C28H32N3O8PS/c1-19-14-25-27-24(20-4-2-5-23(15-20)41(35,36)22-8-9-22)6-3-7-26(27)31(28(25)29-16-19)38-18-21-17-30(10-12-37-21)11-13-39-40(32,33)34/h2-7,14-16,21-22H,8-13,17-18H2,1H3,(H2,32,33,34)/t21-/m1/s1. The Kier molecular flexibility index (Phi) is 7.67. The molecule has 1 aliphatic heterocycles. The van der Waals surface area contributed by atoms with Crippen molar-refractivity contribution in [2.24, 2.45) is 0 Å². The first-order valence-electron chi connectivity index (χ1n) is 13.5. The number of hydrogen-bond acceptors (Lipinski definition) is 8. The first-order valence-corrected chi connectivity index (χ1v) is 16.6. The van der Waals surface area contributed by atoms with Crippen LogP contribution >= 0.6 is 7.82 Å². The zero-order valence-corrected chi connectivity index (χ0v) is 24.3. The zero-order chi connectivity index (χ0) is 28.8. The molecule has 4 aromatic rings. The van der Waals surface area contributed by atoms with Gasteiger partial charge in [0.15, 0.2) is 15.5 Å². The fourth-order valence-corrected chi connectivity index (χ4v) is 7.35. The fourth-order valence-electron chi connectivity index (χ4n) is 5.33. The van der Waals surface area contributed by atoms with Gasteiger partial charge in [-0.2, -0.15) is 4.73 Å². The number of hydrogen-bond donors (Lipinski definition) is 2. The van der Waals surface area contributed by atoms with Gasteiger partial charge in [-0.3, -0.25) is 9.42 Å². The van der Waals surface area contributed by atoms with Gasteiger partial charge in [0, 0.05) is 36.6 Å². The summed E-state index contributed by atoms with van der Waals surface area (Å²) in [5.41, 5.74) is 4.12. The van der Waals surface area contributed by atoms with Crippen LogP contribution in [-0.4, -0.2) is 83.6 Å². The van der Waals surface area contributed by atoms with E-state index in [0.717, 1.165) is 33.0 Å². The first kappa shape index (κ1) is 28.3. The number of morpholine rings is 1. The van der Waals surface area contributed by atoms with Crippen molar-refractivity contribution < 1.29 is 36.9 Å². The minimum absolute atomic E-state index is 0.0834. The molecule has 0 spiro atoms. The van der Waals surface area contributed by atoms with E-state index in [1.807, 2.05) is 36.1 Å². The van der Waals surface area contributed by atoms with Gasteiger partial charge in [-0.15, -0.1) is 0 Å². The minimum Gasteiger partial charge on any atom is -0.409 e. The van der Waals surface area contributed by atoms with E-state index in [-0.39, 0.29) is 24.6 Å². The van der Waals surface area contributed by atoms with Gasteiger partial charge in [-0.1, -0.05) is 24.3 Å². The van der Waals surface area contributed by atoms with Crippen LogP contribution in [0, 0.1) is 6.92 Å². The van der Waals surface area contributed by atoms with Crippen LogP contribution in [0.2, 0.25) is 0 Å². The number of phosphoric acid groups is 1. The molecule has 1 atom stereocenters. The highest BCUT2D eigenvalue weighted by Gasteiger charge is 2.37. The van der Waals surface area contributed by atoms with Crippen molar-refractivity contribution in [3.8, 4) is 11.1 Å². The Balaban J connectivity index is 1.30. The first-order chi connectivity index (χ1) is 19.6. The Morgan fingerprint density at radius 2 is 1.95 bits per heavy atom. The Labute approximate surface area is 237 Å². The van der Waals surface area contributed by atoms with Gasteiger partial charge in [0.25, 0.3) is 0 Å². The SMILES string of the molecule is Cc1cnc2c(c1)c1c(-c3cccc(S(=O)(=O)C4CC4)c3)cccc1n2OC[C@H]1CN(CCOP(=O)(O)O)CCO1. The number of fused-ring (bicyclic) bond motifs is 3. The molecule has 2 aromatic heterocycles. The van der Waals surface area contributed by atoms with Crippen molar-refractivity contribution in [3.63, 3.8) is 0 Å². The highest BCUT2D eigenvalue weighted by Crippen LogP contribution is 2.39. The molecule has 0 amide bonds. The molecule has 41 heavy (non-hydrogen) atoms. The van der Waals surface area contributed by atoms with E-state index in [1.165, 1.54) is 0 Å². The number of aromatic nitrogens is 2. The predicted molar refractivity (Wildman–Crippen MR) is 153 cm³/mol. The van der Waals surface area contributed by atoms with Gasteiger partial charge in [-0.25, -0.2) is 18.0 Å². The topological polar surface area (TPSA) is 140 Å². The number of aryl methyl sites for hydroxylation is 1. The molecule has 2 N–H and O–H groups in total. The lowest BCUT2D eigenvalue weighted by atomic mass is 10.00. The summed E-state index contributed by atoms with van der Waals surface area (Å²) in [5, 5.41) is 1.53. The van der Waals surface area contributed by atoms with Crippen LogP contribution < -0.4 is 4.84 Å². The van der Waals surface area contributed by atoms with Gasteiger partial charge < -0.3 is 19.4 Å². The monoisotopic (exact) mass is 601 g/mol. The van der Waals surface area contributed by atoms with Gasteiger partial charge >= 0.3 is 7.82 Å². The maximum atomic E-state index is 13.0. The lowest BCUT2D eigenvalue weighted by Gasteiger charge is -2.32. The molecule has 13 heteroatoms. The molecule has 1 aliphatic carbocycles. The number of ether oxygens (including phenoxy) is 1. The number of benzene rings is 2. The molecular formula is C28H32N3O8PS. The van der Waals surface area contributed by atoms with Gasteiger partial charge in [0.05, 0.1) is 28.9 Å². The number of phosphoric ester groups is 1. The predicted octanol–water partition coefficient (Wildman–Crippen LogP) is 3.34. The average molecular weight is 602 g/mol. The molecule has 218 valence electrons. The molecule has 3 heterocycles. The van der Waals surface area contributed by atoms with Crippen molar-refractivity contribution in [1.82, 2.24) is 14.6 Å². The smallest absolute Gasteiger partial charge is 0.409 e. The summed E-state index contributed by atoms with van der Waals surface area (Å²) in [5.74, 6) is 0.